The van der Waals surface area contributed by atoms with Crippen LogP contribution in [0.1, 0.15) is 83.1 Å². The van der Waals surface area contributed by atoms with Crippen molar-refractivity contribution in [3.05, 3.63) is 0 Å². The lowest BCUT2D eigenvalue weighted by atomic mass is 9.74. The van der Waals surface area contributed by atoms with Crippen molar-refractivity contribution in [1.29, 1.82) is 0 Å². The molecule has 6 unspecified atom stereocenters. The van der Waals surface area contributed by atoms with Crippen LogP contribution in [0.2, 0.25) is 0 Å². The second-order valence-electron chi connectivity index (χ2n) is 9.49. The zero-order chi connectivity index (χ0) is 29.5. The van der Waals surface area contributed by atoms with Gasteiger partial charge in [-0.1, -0.05) is 43.6 Å². The number of hydrogen-bond acceptors (Lipinski definition) is 9. The summed E-state index contributed by atoms with van der Waals surface area (Å²) in [4.78, 5) is 88.0. The Kier molecular flexibility index (Phi) is 24.0. The van der Waals surface area contributed by atoms with Crippen LogP contribution < -0.4 is 0 Å². The lowest BCUT2D eigenvalue weighted by molar-refractivity contribution is -0.161. The van der Waals surface area contributed by atoms with Crippen LogP contribution in [0.5, 0.6) is 0 Å². The summed E-state index contributed by atoms with van der Waals surface area (Å²) in [6.07, 6.45) is -2.21. The van der Waals surface area contributed by atoms with Crippen LogP contribution in [-0.4, -0.2) is 83.9 Å². The molecular formula is C26H48O16. The first-order valence-electron chi connectivity index (χ1n) is 10.8. The Labute approximate surface area is 245 Å². The van der Waals surface area contributed by atoms with Gasteiger partial charge in [0.1, 0.15) is 0 Å². The highest BCUT2D eigenvalue weighted by Gasteiger charge is 2.48. The number of esters is 2. The first kappa shape index (κ1) is 50.7. The van der Waals surface area contributed by atoms with Crippen LogP contribution >= 0.6 is 0 Å². The van der Waals surface area contributed by atoms with E-state index >= 15 is 0 Å². The second kappa shape index (κ2) is 19.9. The maximum absolute atomic E-state index is 11.4. The van der Waals surface area contributed by atoms with E-state index in [4.69, 9.17) is 30.6 Å². The van der Waals surface area contributed by atoms with Gasteiger partial charge in [0.25, 0.3) is 0 Å². The molecule has 0 aliphatic carbocycles. The van der Waals surface area contributed by atoms with E-state index in [1.165, 1.54) is 13.8 Å². The van der Waals surface area contributed by atoms with Gasteiger partial charge in [-0.05, 0) is 26.7 Å². The third-order valence-electron chi connectivity index (χ3n) is 6.25. The van der Waals surface area contributed by atoms with E-state index in [-0.39, 0.29) is 41.6 Å². The molecule has 42 heavy (non-hydrogen) atoms. The molecule has 8 N–H and O–H groups in total. The molecule has 0 aromatic rings. The highest BCUT2D eigenvalue weighted by Crippen LogP contribution is 2.37. The van der Waals surface area contributed by atoms with Gasteiger partial charge in [0.15, 0.2) is 0 Å². The third kappa shape index (κ3) is 14.0. The Bertz CT molecular complexity index is 973. The van der Waals surface area contributed by atoms with Gasteiger partial charge >= 0.3 is 47.8 Å². The molecule has 248 valence electrons. The molecule has 0 spiro atoms. The maximum atomic E-state index is 11.4. The standard InChI is InChI=1S/C11H16O8.C11H14O7.4CH4.H2O/c1-5(8(14)15)6(9(16)17)3-11(2,10(18)19)4-7(12)13;1-5-6(9(15)18-8(5)14)3-11(2,10(16)17)4-7(12)13;;;;;/h5-6H,3-4H2,1-2H3,(H,12,13)(H,14,15)(H,16,17)(H,18,19);5-6H,3-4H2,1-2H3,(H,12,13)(H,16,17);4*1H4;1H2. The summed E-state index contributed by atoms with van der Waals surface area (Å²) in [6.45, 7) is 4.94. The number of ether oxygens (including phenoxy) is 1. The van der Waals surface area contributed by atoms with E-state index in [0.29, 0.717) is 0 Å². The van der Waals surface area contributed by atoms with E-state index in [9.17, 15) is 38.4 Å². The fourth-order valence-corrected chi connectivity index (χ4v) is 3.65. The molecule has 1 heterocycles. The van der Waals surface area contributed by atoms with Gasteiger partial charge in [0.05, 0.1) is 47.3 Å². The van der Waals surface area contributed by atoms with Crippen LogP contribution in [0.4, 0.5) is 0 Å². The number of hydrogen-bond donors (Lipinski definition) is 6. The summed E-state index contributed by atoms with van der Waals surface area (Å²) in [5.41, 5.74) is -3.44. The lowest BCUT2D eigenvalue weighted by Crippen LogP contribution is -2.38. The minimum absolute atomic E-state index is 0. The van der Waals surface area contributed by atoms with Gasteiger partial charge in [-0.3, -0.25) is 38.4 Å². The van der Waals surface area contributed by atoms with Crippen molar-refractivity contribution in [3.8, 4) is 0 Å². The summed E-state index contributed by atoms with van der Waals surface area (Å²) in [7, 11) is 0. The largest absolute Gasteiger partial charge is 0.481 e. The molecular weight excluding hydrogens is 568 g/mol. The molecule has 0 aromatic carbocycles. The fraction of sp³-hybridized carbons (Fsp3) is 0.692. The average Bonchev–Trinajstić information content (AvgIpc) is 2.96. The Morgan fingerprint density at radius 2 is 1.12 bits per heavy atom. The van der Waals surface area contributed by atoms with Crippen molar-refractivity contribution in [2.75, 3.05) is 0 Å². The second-order valence-corrected chi connectivity index (χ2v) is 9.49. The van der Waals surface area contributed by atoms with Crippen LogP contribution in [0.3, 0.4) is 0 Å². The summed E-state index contributed by atoms with van der Waals surface area (Å²) < 4.78 is 4.40. The maximum Gasteiger partial charge on any atom is 0.317 e. The molecule has 1 aliphatic heterocycles. The Morgan fingerprint density at radius 1 is 0.738 bits per heavy atom. The Morgan fingerprint density at radius 3 is 1.38 bits per heavy atom. The van der Waals surface area contributed by atoms with Crippen molar-refractivity contribution in [1.82, 2.24) is 0 Å². The summed E-state index contributed by atoms with van der Waals surface area (Å²) in [5.74, 6) is -14.2. The number of rotatable bonds is 13. The van der Waals surface area contributed by atoms with E-state index in [1.54, 1.807) is 0 Å². The number of carbonyl (C=O) groups is 8. The van der Waals surface area contributed by atoms with Crippen LogP contribution in [0.25, 0.3) is 0 Å². The van der Waals surface area contributed by atoms with Crippen LogP contribution in [0, 0.1) is 34.5 Å². The zero-order valence-electron chi connectivity index (χ0n) is 21.0. The SMILES string of the molecule is C.C.C.C.CC(C(=O)O)C(CC(C)(CC(=O)O)C(=O)O)C(=O)O.CC1C(=O)OC(=O)C1CC(C)(CC(=O)O)C(=O)O.O. The van der Waals surface area contributed by atoms with Gasteiger partial charge in [-0.25, -0.2) is 0 Å². The van der Waals surface area contributed by atoms with Crippen molar-refractivity contribution in [2.24, 2.45) is 34.5 Å². The normalized spacial score (nSPS) is 19.0. The molecule has 0 aromatic heterocycles. The molecule has 1 saturated heterocycles. The fourth-order valence-electron chi connectivity index (χ4n) is 3.65. The van der Waals surface area contributed by atoms with Crippen molar-refractivity contribution in [2.45, 2.75) is 83.1 Å². The molecule has 1 rings (SSSR count). The molecule has 0 amide bonds. The van der Waals surface area contributed by atoms with Gasteiger partial charge in [0, 0.05) is 0 Å². The molecule has 1 aliphatic rings. The lowest BCUT2D eigenvalue weighted by Gasteiger charge is -2.27. The minimum atomic E-state index is -1.83. The zero-order valence-corrected chi connectivity index (χ0v) is 21.0. The minimum Gasteiger partial charge on any atom is -0.481 e. The van der Waals surface area contributed by atoms with Crippen molar-refractivity contribution in [3.63, 3.8) is 0 Å². The Balaban J connectivity index is -0.000000138. The highest BCUT2D eigenvalue weighted by atomic mass is 16.6. The number of carboxylic acids is 6. The average molecular weight is 617 g/mol. The topological polar surface area (TPSA) is 299 Å². The highest BCUT2D eigenvalue weighted by molar-refractivity contribution is 5.96. The third-order valence-corrected chi connectivity index (χ3v) is 6.25. The van der Waals surface area contributed by atoms with Crippen LogP contribution in [0.15, 0.2) is 0 Å². The van der Waals surface area contributed by atoms with Crippen molar-refractivity contribution < 1.29 is 79.2 Å². The predicted molar refractivity (Wildman–Crippen MR) is 147 cm³/mol. The Hall–Kier alpha value is -4.08. The van der Waals surface area contributed by atoms with E-state index in [1.807, 2.05) is 0 Å². The molecule has 0 bridgehead atoms. The molecule has 16 heteroatoms. The van der Waals surface area contributed by atoms with Gasteiger partial charge < -0.3 is 40.9 Å². The summed E-state index contributed by atoms with van der Waals surface area (Å²) in [6, 6.07) is 0. The summed E-state index contributed by atoms with van der Waals surface area (Å²) >= 11 is 0. The van der Waals surface area contributed by atoms with E-state index in [2.05, 4.69) is 4.74 Å². The van der Waals surface area contributed by atoms with Gasteiger partial charge in [-0.15, -0.1) is 0 Å². The monoisotopic (exact) mass is 616 g/mol. The molecule has 0 saturated carbocycles. The summed E-state index contributed by atoms with van der Waals surface area (Å²) in [5, 5.41) is 53.2. The van der Waals surface area contributed by atoms with Crippen molar-refractivity contribution >= 4 is 47.8 Å². The molecule has 0 radical (unpaired) electrons. The molecule has 16 nitrogen and oxygen atoms in total. The van der Waals surface area contributed by atoms with Crippen LogP contribution in [-0.2, 0) is 43.1 Å². The van der Waals surface area contributed by atoms with Gasteiger partial charge in [-0.2, -0.15) is 0 Å². The number of cyclic esters (lactones) is 2. The quantitative estimate of drug-likeness (QED) is 0.128. The smallest absolute Gasteiger partial charge is 0.317 e. The molecule has 1 fully saturated rings. The predicted octanol–water partition coefficient (Wildman–Crippen LogP) is 2.36. The van der Waals surface area contributed by atoms with E-state index < -0.39 is 102 Å². The number of aliphatic carboxylic acids is 6. The number of carbonyl (C=O) groups excluding carboxylic acids is 2. The first-order valence-corrected chi connectivity index (χ1v) is 10.8. The van der Waals surface area contributed by atoms with E-state index in [0.717, 1.165) is 13.8 Å². The molecule has 6 atom stereocenters. The first-order chi connectivity index (χ1) is 16.7. The number of carboxylic acid groups (broad SMARTS) is 6. The van der Waals surface area contributed by atoms with Gasteiger partial charge in [0.2, 0.25) is 0 Å².